The van der Waals surface area contributed by atoms with Crippen molar-refractivity contribution >= 4 is 27.3 Å². The molecule has 0 saturated carbocycles. The van der Waals surface area contributed by atoms with Crippen LogP contribution < -0.4 is 11.3 Å². The number of halogens is 1. The molecule has 1 atom stereocenters. The molecule has 17 heavy (non-hydrogen) atoms. The predicted octanol–water partition coefficient (Wildman–Crippen LogP) is 2.47. The maximum Gasteiger partial charge on any atom is 0.0606 e. The standard InChI is InChI=1S/C11H15BrN4S/c1-2-16-7-8(6-14-16)5-10(15-13)11-9(12)3-4-17-11/h3-4,6-7,10,15H,2,5,13H2,1H3. The van der Waals surface area contributed by atoms with Crippen LogP contribution in [-0.4, -0.2) is 9.78 Å². The summed E-state index contributed by atoms with van der Waals surface area (Å²) in [5.41, 5.74) is 4.05. The maximum atomic E-state index is 5.63. The van der Waals surface area contributed by atoms with Crippen molar-refractivity contribution in [2.24, 2.45) is 5.84 Å². The number of hydrogen-bond donors (Lipinski definition) is 2. The molecule has 0 aliphatic carbocycles. The Morgan fingerprint density at radius 2 is 2.47 bits per heavy atom. The largest absolute Gasteiger partial charge is 0.273 e. The summed E-state index contributed by atoms with van der Waals surface area (Å²) in [5, 5.41) is 6.32. The average Bonchev–Trinajstić information content (AvgIpc) is 2.95. The molecule has 92 valence electrons. The van der Waals surface area contributed by atoms with Crippen molar-refractivity contribution in [3.63, 3.8) is 0 Å². The van der Waals surface area contributed by atoms with Crippen molar-refractivity contribution in [3.8, 4) is 0 Å². The second kappa shape index (κ2) is 5.77. The maximum absolute atomic E-state index is 5.63. The van der Waals surface area contributed by atoms with E-state index in [1.54, 1.807) is 11.3 Å². The van der Waals surface area contributed by atoms with E-state index in [4.69, 9.17) is 5.84 Å². The van der Waals surface area contributed by atoms with Gasteiger partial charge in [0.1, 0.15) is 0 Å². The molecule has 0 bridgehead atoms. The first kappa shape index (κ1) is 12.8. The van der Waals surface area contributed by atoms with Crippen LogP contribution in [0.2, 0.25) is 0 Å². The molecule has 2 heterocycles. The first-order valence-electron chi connectivity index (χ1n) is 5.45. The van der Waals surface area contributed by atoms with E-state index in [0.717, 1.165) is 17.4 Å². The molecule has 0 radical (unpaired) electrons. The van der Waals surface area contributed by atoms with E-state index < -0.39 is 0 Å². The summed E-state index contributed by atoms with van der Waals surface area (Å²) in [6, 6.07) is 2.17. The van der Waals surface area contributed by atoms with E-state index >= 15 is 0 Å². The zero-order valence-electron chi connectivity index (χ0n) is 9.56. The zero-order chi connectivity index (χ0) is 12.3. The highest BCUT2D eigenvalue weighted by molar-refractivity contribution is 9.10. The minimum atomic E-state index is 0.124. The van der Waals surface area contributed by atoms with Crippen molar-refractivity contribution in [2.75, 3.05) is 0 Å². The van der Waals surface area contributed by atoms with Crippen LogP contribution in [0.25, 0.3) is 0 Å². The molecule has 0 aliphatic heterocycles. The number of rotatable bonds is 5. The van der Waals surface area contributed by atoms with Gasteiger partial charge in [-0.1, -0.05) is 0 Å². The third-order valence-electron chi connectivity index (χ3n) is 2.61. The fraction of sp³-hybridized carbons (Fsp3) is 0.364. The highest BCUT2D eigenvalue weighted by atomic mass is 79.9. The van der Waals surface area contributed by atoms with Crippen LogP contribution in [0.1, 0.15) is 23.4 Å². The Kier molecular flexibility index (Phi) is 4.33. The molecule has 0 saturated heterocycles. The van der Waals surface area contributed by atoms with Gasteiger partial charge < -0.3 is 0 Å². The Balaban J connectivity index is 2.12. The summed E-state index contributed by atoms with van der Waals surface area (Å²) >= 11 is 5.23. The van der Waals surface area contributed by atoms with Crippen LogP contribution in [0.4, 0.5) is 0 Å². The molecular weight excluding hydrogens is 300 g/mol. The molecule has 0 spiro atoms. The Labute approximate surface area is 113 Å². The van der Waals surface area contributed by atoms with Gasteiger partial charge in [0.2, 0.25) is 0 Å². The van der Waals surface area contributed by atoms with Crippen LogP contribution in [0.5, 0.6) is 0 Å². The van der Waals surface area contributed by atoms with Gasteiger partial charge in [-0.3, -0.25) is 16.0 Å². The van der Waals surface area contributed by atoms with Crippen molar-refractivity contribution in [1.82, 2.24) is 15.2 Å². The summed E-state index contributed by atoms with van der Waals surface area (Å²) in [6.45, 7) is 2.97. The minimum absolute atomic E-state index is 0.124. The normalized spacial score (nSPS) is 12.9. The quantitative estimate of drug-likeness (QED) is 0.658. The van der Waals surface area contributed by atoms with Crippen molar-refractivity contribution in [3.05, 3.63) is 38.8 Å². The minimum Gasteiger partial charge on any atom is -0.273 e. The fourth-order valence-electron chi connectivity index (χ4n) is 1.70. The van der Waals surface area contributed by atoms with Gasteiger partial charge in [-0.2, -0.15) is 5.10 Å². The molecule has 1 unspecified atom stereocenters. The van der Waals surface area contributed by atoms with Crippen molar-refractivity contribution in [2.45, 2.75) is 25.9 Å². The summed E-state index contributed by atoms with van der Waals surface area (Å²) in [6.07, 6.45) is 4.80. The van der Waals surface area contributed by atoms with E-state index in [0.29, 0.717) is 0 Å². The lowest BCUT2D eigenvalue weighted by atomic mass is 10.1. The number of hydrogen-bond acceptors (Lipinski definition) is 4. The number of hydrazine groups is 1. The first-order chi connectivity index (χ1) is 8.24. The van der Waals surface area contributed by atoms with Gasteiger partial charge in [0.15, 0.2) is 0 Å². The van der Waals surface area contributed by atoms with Gasteiger partial charge in [-0.25, -0.2) is 0 Å². The summed E-state index contributed by atoms with van der Waals surface area (Å²) in [5.74, 6) is 5.63. The predicted molar refractivity (Wildman–Crippen MR) is 73.7 cm³/mol. The Morgan fingerprint density at radius 3 is 3.00 bits per heavy atom. The van der Waals surface area contributed by atoms with Crippen LogP contribution in [0, 0.1) is 0 Å². The van der Waals surface area contributed by atoms with E-state index in [-0.39, 0.29) is 6.04 Å². The van der Waals surface area contributed by atoms with E-state index in [1.807, 2.05) is 16.9 Å². The Hall–Kier alpha value is -0.690. The molecule has 2 aromatic rings. The lowest BCUT2D eigenvalue weighted by molar-refractivity contribution is 0.558. The molecule has 3 N–H and O–H groups in total. The third-order valence-corrected chi connectivity index (χ3v) is 4.60. The number of aromatic nitrogens is 2. The van der Waals surface area contributed by atoms with E-state index in [1.165, 1.54) is 10.4 Å². The van der Waals surface area contributed by atoms with Crippen LogP contribution in [0.15, 0.2) is 28.3 Å². The number of thiophene rings is 1. The van der Waals surface area contributed by atoms with Gasteiger partial charge in [0.25, 0.3) is 0 Å². The molecule has 0 fully saturated rings. The topological polar surface area (TPSA) is 55.9 Å². The lowest BCUT2D eigenvalue weighted by Crippen LogP contribution is -2.29. The van der Waals surface area contributed by atoms with Gasteiger partial charge in [0, 0.05) is 22.1 Å². The summed E-state index contributed by atoms with van der Waals surface area (Å²) in [7, 11) is 0. The molecular formula is C11H15BrN4S. The Morgan fingerprint density at radius 1 is 1.65 bits per heavy atom. The van der Waals surface area contributed by atoms with Gasteiger partial charge in [0.05, 0.1) is 12.2 Å². The molecule has 2 rings (SSSR count). The zero-order valence-corrected chi connectivity index (χ0v) is 12.0. The van der Waals surface area contributed by atoms with E-state index in [2.05, 4.69) is 45.0 Å². The summed E-state index contributed by atoms with van der Waals surface area (Å²) < 4.78 is 3.03. The van der Waals surface area contributed by atoms with Gasteiger partial charge in [-0.05, 0) is 46.3 Å². The second-order valence-electron chi connectivity index (χ2n) is 3.76. The lowest BCUT2D eigenvalue weighted by Gasteiger charge is -2.13. The average molecular weight is 315 g/mol. The van der Waals surface area contributed by atoms with Crippen LogP contribution in [-0.2, 0) is 13.0 Å². The van der Waals surface area contributed by atoms with Gasteiger partial charge >= 0.3 is 0 Å². The highest BCUT2D eigenvalue weighted by Gasteiger charge is 2.15. The van der Waals surface area contributed by atoms with Crippen molar-refractivity contribution < 1.29 is 0 Å². The summed E-state index contributed by atoms with van der Waals surface area (Å²) in [4.78, 5) is 1.22. The SMILES string of the molecule is CCn1cc(CC(NN)c2sccc2Br)cn1. The van der Waals surface area contributed by atoms with Crippen LogP contribution >= 0.6 is 27.3 Å². The monoisotopic (exact) mass is 314 g/mol. The number of aryl methyl sites for hydroxylation is 1. The highest BCUT2D eigenvalue weighted by Crippen LogP contribution is 2.30. The Bertz CT molecular complexity index is 479. The van der Waals surface area contributed by atoms with Crippen molar-refractivity contribution in [1.29, 1.82) is 0 Å². The molecule has 0 aromatic carbocycles. The first-order valence-corrected chi connectivity index (χ1v) is 7.12. The molecule has 4 nitrogen and oxygen atoms in total. The molecule has 0 amide bonds. The number of nitrogens with one attached hydrogen (secondary N) is 1. The van der Waals surface area contributed by atoms with Gasteiger partial charge in [-0.15, -0.1) is 11.3 Å². The second-order valence-corrected chi connectivity index (χ2v) is 5.56. The smallest absolute Gasteiger partial charge is 0.0606 e. The van der Waals surface area contributed by atoms with Crippen LogP contribution in [0.3, 0.4) is 0 Å². The van der Waals surface area contributed by atoms with E-state index in [9.17, 15) is 0 Å². The number of nitrogens with two attached hydrogens (primary N) is 1. The molecule has 0 aliphatic rings. The molecule has 6 heteroatoms. The molecule has 2 aromatic heterocycles. The fourth-order valence-corrected chi connectivity index (χ4v) is 3.41. The third kappa shape index (κ3) is 2.95. The number of nitrogens with zero attached hydrogens (tertiary/aromatic N) is 2.